The zero-order valence-electron chi connectivity index (χ0n) is 59.6. The number of furan rings is 2. The van der Waals surface area contributed by atoms with E-state index in [0.29, 0.717) is 0 Å². The van der Waals surface area contributed by atoms with Crippen LogP contribution < -0.4 is 0 Å². The van der Waals surface area contributed by atoms with E-state index in [1.165, 1.54) is 143 Å². The molecular formula is C104H64N4O2. The van der Waals surface area contributed by atoms with Crippen LogP contribution in [0, 0.1) is 0 Å². The fraction of sp³-hybridized carbons (Fsp3) is 0. The van der Waals surface area contributed by atoms with Crippen LogP contribution in [0.15, 0.2) is 397 Å². The van der Waals surface area contributed by atoms with Gasteiger partial charge in [0.2, 0.25) is 0 Å². The highest BCUT2D eigenvalue weighted by molar-refractivity contribution is 6.26. The third-order valence-corrected chi connectivity index (χ3v) is 23.0. The number of para-hydroxylation sites is 4. The quantitative estimate of drug-likeness (QED) is 0.152. The molecule has 512 valence electrons. The van der Waals surface area contributed by atoms with Gasteiger partial charge in [0.25, 0.3) is 0 Å². The van der Waals surface area contributed by atoms with E-state index in [-0.39, 0.29) is 0 Å². The minimum Gasteiger partial charge on any atom is -0.456 e. The largest absolute Gasteiger partial charge is 0.456 e. The molecule has 6 heteroatoms. The Labute approximate surface area is 631 Å². The average molecular weight is 1400 g/mol. The van der Waals surface area contributed by atoms with Crippen LogP contribution in [0.1, 0.15) is 0 Å². The van der Waals surface area contributed by atoms with Crippen LogP contribution in [0.25, 0.3) is 220 Å². The van der Waals surface area contributed by atoms with Crippen LogP contribution in [-0.4, -0.2) is 18.3 Å². The Morgan fingerprint density at radius 1 is 0.164 bits per heavy atom. The van der Waals surface area contributed by atoms with E-state index >= 15 is 0 Å². The second kappa shape index (κ2) is 24.4. The van der Waals surface area contributed by atoms with Crippen LogP contribution in [0.3, 0.4) is 0 Å². The summed E-state index contributed by atoms with van der Waals surface area (Å²) in [6.45, 7) is 0. The minimum absolute atomic E-state index is 0.896. The minimum atomic E-state index is 0.896. The highest BCUT2D eigenvalue weighted by Crippen LogP contribution is 2.47. The molecule has 0 amide bonds. The predicted octanol–water partition coefficient (Wildman–Crippen LogP) is 28.5. The van der Waals surface area contributed by atoms with Crippen LogP contribution in [-0.2, 0) is 0 Å². The molecule has 0 aliphatic heterocycles. The number of rotatable bonds is 8. The Balaban J connectivity index is 0.000000132. The lowest BCUT2D eigenvalue weighted by molar-refractivity contribution is 0.669. The molecule has 0 aliphatic carbocycles. The number of nitrogens with zero attached hydrogens (tertiary/aromatic N) is 4. The summed E-state index contributed by atoms with van der Waals surface area (Å²) in [7, 11) is 0. The molecule has 110 heavy (non-hydrogen) atoms. The van der Waals surface area contributed by atoms with Gasteiger partial charge >= 0.3 is 0 Å². The van der Waals surface area contributed by atoms with Gasteiger partial charge in [-0.2, -0.15) is 0 Å². The van der Waals surface area contributed by atoms with Crippen molar-refractivity contribution in [1.29, 1.82) is 0 Å². The molecule has 24 aromatic rings. The first-order valence-corrected chi connectivity index (χ1v) is 37.7. The van der Waals surface area contributed by atoms with Crippen molar-refractivity contribution >= 4 is 153 Å². The van der Waals surface area contributed by atoms with Gasteiger partial charge in [-0.05, 0) is 206 Å². The van der Waals surface area contributed by atoms with Crippen LogP contribution in [0.5, 0.6) is 0 Å². The first-order chi connectivity index (χ1) is 54.5. The molecule has 0 N–H and O–H groups in total. The van der Waals surface area contributed by atoms with E-state index in [4.69, 9.17) is 8.83 Å². The summed E-state index contributed by atoms with van der Waals surface area (Å²) in [6, 6.07) is 141. The molecule has 0 fully saturated rings. The molecule has 0 bridgehead atoms. The Kier molecular flexibility index (Phi) is 13.7. The van der Waals surface area contributed by atoms with E-state index in [2.05, 4.69) is 394 Å². The monoisotopic (exact) mass is 1400 g/mol. The van der Waals surface area contributed by atoms with Gasteiger partial charge in [0, 0.05) is 82.0 Å². The van der Waals surface area contributed by atoms with Crippen LogP contribution in [0.4, 0.5) is 0 Å². The molecule has 0 saturated carbocycles. The third kappa shape index (κ3) is 9.62. The van der Waals surface area contributed by atoms with Crippen molar-refractivity contribution in [1.82, 2.24) is 18.3 Å². The molecule has 0 unspecified atom stereocenters. The standard InChI is InChI=1S/2C52H32N2O/c1-2-10-33(11-3-1)35-18-23-39(24-19-35)54-49-29-22-38(32-46(49)43-26-27-44-42-15-7-9-17-50(42)55-52(44)51(43)54)37-21-28-48-45(31-37)41-14-6-8-16-47(41)53(48)40-25-20-34-12-4-5-13-36(34)30-40;1-2-10-33(11-3-1)35-18-23-39(24-19-35)54-48-28-22-38(32-45(48)42-26-29-50-51(52(42)54)43-15-7-9-17-49(43)55-50)37-21-27-47-44(31-37)41-14-6-8-16-46(41)53(47)40-25-20-34-12-4-5-13-36(34)30-40/h2*1-32H. The number of hydrogen-bond donors (Lipinski definition) is 0. The van der Waals surface area contributed by atoms with E-state index in [1.807, 2.05) is 12.1 Å². The smallest absolute Gasteiger partial charge is 0.160 e. The molecule has 18 aromatic carbocycles. The third-order valence-electron chi connectivity index (χ3n) is 23.0. The molecule has 0 radical (unpaired) electrons. The maximum atomic E-state index is 6.69. The highest BCUT2D eigenvalue weighted by atomic mass is 16.3. The van der Waals surface area contributed by atoms with E-state index in [0.717, 1.165) is 77.3 Å². The number of fused-ring (bicyclic) bond motifs is 22. The Hall–Kier alpha value is -14.7. The molecule has 0 spiro atoms. The fourth-order valence-corrected chi connectivity index (χ4v) is 17.9. The van der Waals surface area contributed by atoms with Crippen LogP contribution >= 0.6 is 0 Å². The summed E-state index contributed by atoms with van der Waals surface area (Å²) < 4.78 is 22.7. The molecule has 6 aromatic heterocycles. The van der Waals surface area contributed by atoms with Gasteiger partial charge in [0.1, 0.15) is 16.7 Å². The number of hydrogen-bond acceptors (Lipinski definition) is 2. The zero-order valence-corrected chi connectivity index (χ0v) is 59.6. The zero-order chi connectivity index (χ0) is 72.1. The lowest BCUT2D eigenvalue weighted by Gasteiger charge is -2.11. The van der Waals surface area contributed by atoms with Gasteiger partial charge in [0.05, 0.1) is 49.5 Å². The second-order valence-corrected chi connectivity index (χ2v) is 29.1. The van der Waals surface area contributed by atoms with E-state index in [9.17, 15) is 0 Å². The van der Waals surface area contributed by atoms with E-state index in [1.54, 1.807) is 0 Å². The molecule has 0 aliphatic rings. The molecule has 6 nitrogen and oxygen atoms in total. The second-order valence-electron chi connectivity index (χ2n) is 29.1. The van der Waals surface area contributed by atoms with Crippen molar-refractivity contribution in [3.8, 4) is 67.3 Å². The Morgan fingerprint density at radius 2 is 0.509 bits per heavy atom. The summed E-state index contributed by atoms with van der Waals surface area (Å²) in [5, 5.41) is 19.3. The van der Waals surface area contributed by atoms with Gasteiger partial charge in [-0.3, -0.25) is 0 Å². The summed E-state index contributed by atoms with van der Waals surface area (Å²) >= 11 is 0. The lowest BCUT2D eigenvalue weighted by Crippen LogP contribution is -1.94. The topological polar surface area (TPSA) is 46.0 Å². The molecule has 24 rings (SSSR count). The number of aromatic nitrogens is 4. The van der Waals surface area contributed by atoms with Gasteiger partial charge in [0.15, 0.2) is 5.58 Å². The normalized spacial score (nSPS) is 12.0. The van der Waals surface area contributed by atoms with Crippen molar-refractivity contribution < 1.29 is 8.83 Å². The Bertz CT molecular complexity index is 7870. The molecule has 0 saturated heterocycles. The van der Waals surface area contributed by atoms with Crippen molar-refractivity contribution in [2.24, 2.45) is 0 Å². The summed E-state index contributed by atoms with van der Waals surface area (Å²) in [5.41, 5.74) is 27.1. The first kappa shape index (κ1) is 61.6. The Morgan fingerprint density at radius 3 is 1.02 bits per heavy atom. The predicted molar refractivity (Wildman–Crippen MR) is 462 cm³/mol. The average Bonchev–Trinajstić information content (AvgIpc) is 1.58. The van der Waals surface area contributed by atoms with Crippen molar-refractivity contribution in [3.63, 3.8) is 0 Å². The van der Waals surface area contributed by atoms with Gasteiger partial charge in [-0.1, -0.05) is 249 Å². The SMILES string of the molecule is c1ccc(-c2ccc(-n3c4ccc(-c5ccc6c(c5)c5ccccc5n6-c5ccc6ccccc6c5)cc4c4ccc5c6ccccc6oc5c43)cc2)cc1.c1ccc(-c2ccc(-n3c4ccc(-c5ccc6c(c5)c5ccccc5n6-c5ccc6ccccc6c5)cc4c4ccc5oc6ccccc6c5c43)cc2)cc1. The summed E-state index contributed by atoms with van der Waals surface area (Å²) in [4.78, 5) is 0. The maximum absolute atomic E-state index is 6.69. The fourth-order valence-electron chi connectivity index (χ4n) is 17.9. The van der Waals surface area contributed by atoms with Gasteiger partial charge < -0.3 is 27.1 Å². The maximum Gasteiger partial charge on any atom is 0.160 e. The van der Waals surface area contributed by atoms with E-state index < -0.39 is 0 Å². The summed E-state index contributed by atoms with van der Waals surface area (Å²) in [5.74, 6) is 0. The number of benzene rings is 18. The van der Waals surface area contributed by atoms with Crippen LogP contribution in [0.2, 0.25) is 0 Å². The van der Waals surface area contributed by atoms with Gasteiger partial charge in [-0.25, -0.2) is 0 Å². The molecule has 6 heterocycles. The van der Waals surface area contributed by atoms with Crippen molar-refractivity contribution in [3.05, 3.63) is 388 Å². The first-order valence-electron chi connectivity index (χ1n) is 37.7. The van der Waals surface area contributed by atoms with Gasteiger partial charge in [-0.15, -0.1) is 0 Å². The highest BCUT2D eigenvalue weighted by Gasteiger charge is 2.24. The molecule has 0 atom stereocenters. The molecular weight excluding hydrogens is 1340 g/mol. The van der Waals surface area contributed by atoms with Crippen molar-refractivity contribution in [2.45, 2.75) is 0 Å². The summed E-state index contributed by atoms with van der Waals surface area (Å²) in [6.07, 6.45) is 0. The lowest BCUT2D eigenvalue weighted by atomic mass is 10.00. The van der Waals surface area contributed by atoms with Crippen molar-refractivity contribution in [2.75, 3.05) is 0 Å².